The summed E-state index contributed by atoms with van der Waals surface area (Å²) < 4.78 is 2.12. The second kappa shape index (κ2) is 2.91. The number of diazo groups is 1. The van der Waals surface area contributed by atoms with Gasteiger partial charge in [-0.2, -0.15) is 0 Å². The van der Waals surface area contributed by atoms with Gasteiger partial charge in [-0.25, -0.2) is 0 Å². The van der Waals surface area contributed by atoms with Crippen molar-refractivity contribution in [2.75, 3.05) is 0 Å². The fourth-order valence-corrected chi connectivity index (χ4v) is 1.51. The summed E-state index contributed by atoms with van der Waals surface area (Å²) in [5.74, 6) is 0. The van der Waals surface area contributed by atoms with Crippen LogP contribution in [-0.2, 0) is 6.54 Å². The molecular weight excluding hydrogens is 162 g/mol. The summed E-state index contributed by atoms with van der Waals surface area (Å²) in [7, 11) is 0. The van der Waals surface area contributed by atoms with Crippen molar-refractivity contribution in [1.82, 2.24) is 4.57 Å². The van der Waals surface area contributed by atoms with Gasteiger partial charge in [-0.05, 0) is 19.1 Å². The van der Waals surface area contributed by atoms with E-state index in [-0.39, 0.29) is 0 Å². The average molecular weight is 172 g/mol. The van der Waals surface area contributed by atoms with Gasteiger partial charge < -0.3 is 4.57 Å². The first-order valence-electron chi connectivity index (χ1n) is 4.29. The standard InChI is InChI=1S/C10H10N3/c1-2-13-6-5-8-3-4-9(12-11)7-10(8)13/h3-7H,2H2,1H3/q+1. The van der Waals surface area contributed by atoms with Crippen LogP contribution in [0.2, 0.25) is 0 Å². The molecule has 2 rings (SSSR count). The lowest BCUT2D eigenvalue weighted by molar-refractivity contribution is 0.798. The summed E-state index contributed by atoms with van der Waals surface area (Å²) in [4.78, 5) is 3.16. The van der Waals surface area contributed by atoms with Crippen LogP contribution in [0.15, 0.2) is 30.5 Å². The highest BCUT2D eigenvalue weighted by atomic mass is 14.9. The van der Waals surface area contributed by atoms with Crippen molar-refractivity contribution in [2.24, 2.45) is 0 Å². The molecule has 0 atom stereocenters. The number of fused-ring (bicyclic) bond motifs is 1. The maximum Gasteiger partial charge on any atom is 0.387 e. The summed E-state index contributed by atoms with van der Waals surface area (Å²) in [6.07, 6.45) is 2.03. The zero-order valence-electron chi connectivity index (χ0n) is 7.44. The van der Waals surface area contributed by atoms with E-state index in [1.165, 1.54) is 5.39 Å². The molecule has 0 aliphatic carbocycles. The Morgan fingerprint density at radius 3 is 2.92 bits per heavy atom. The van der Waals surface area contributed by atoms with Gasteiger partial charge in [0.2, 0.25) is 5.39 Å². The molecule has 0 N–H and O–H groups in total. The highest BCUT2D eigenvalue weighted by molar-refractivity contribution is 5.83. The number of aryl methyl sites for hydroxylation is 1. The van der Waals surface area contributed by atoms with Crippen LogP contribution in [0, 0.1) is 5.39 Å². The Hall–Kier alpha value is -1.82. The van der Waals surface area contributed by atoms with Gasteiger partial charge in [-0.1, -0.05) is 0 Å². The van der Waals surface area contributed by atoms with E-state index in [4.69, 9.17) is 5.39 Å². The molecule has 0 saturated carbocycles. The van der Waals surface area contributed by atoms with Gasteiger partial charge in [0, 0.05) is 24.2 Å². The highest BCUT2D eigenvalue weighted by Crippen LogP contribution is 2.21. The second-order valence-corrected chi connectivity index (χ2v) is 2.94. The summed E-state index contributed by atoms with van der Waals surface area (Å²) in [5.41, 5.74) is 1.71. The van der Waals surface area contributed by atoms with Crippen LogP contribution in [0.1, 0.15) is 6.92 Å². The van der Waals surface area contributed by atoms with Gasteiger partial charge in [0.05, 0.1) is 11.6 Å². The van der Waals surface area contributed by atoms with Crippen molar-refractivity contribution in [3.05, 3.63) is 35.4 Å². The molecule has 0 amide bonds. The molecule has 3 nitrogen and oxygen atoms in total. The predicted molar refractivity (Wildman–Crippen MR) is 52.4 cm³/mol. The molecule has 64 valence electrons. The van der Waals surface area contributed by atoms with Crippen LogP contribution in [-0.4, -0.2) is 4.57 Å². The molecule has 1 aromatic heterocycles. The Balaban J connectivity index is 2.73. The topological polar surface area (TPSA) is 33.1 Å². The number of nitrogens with zero attached hydrogens (tertiary/aromatic N) is 3. The third-order valence-electron chi connectivity index (χ3n) is 2.21. The lowest BCUT2D eigenvalue weighted by atomic mass is 10.2. The molecular formula is C10H10N3+. The number of aromatic nitrogens is 1. The number of benzene rings is 1. The summed E-state index contributed by atoms with van der Waals surface area (Å²) in [5, 5.41) is 9.79. The molecule has 0 radical (unpaired) electrons. The molecule has 0 aliphatic rings. The minimum absolute atomic E-state index is 0.598. The molecule has 0 aliphatic heterocycles. The number of hydrogen-bond acceptors (Lipinski definition) is 1. The fraction of sp³-hybridized carbons (Fsp3) is 0.200. The number of rotatable bonds is 1. The molecule has 2 aromatic rings. The van der Waals surface area contributed by atoms with Gasteiger partial charge in [0.25, 0.3) is 0 Å². The molecule has 1 heterocycles. The highest BCUT2D eigenvalue weighted by Gasteiger charge is 2.07. The summed E-state index contributed by atoms with van der Waals surface area (Å²) in [6.45, 7) is 3.01. The van der Waals surface area contributed by atoms with Gasteiger partial charge >= 0.3 is 5.69 Å². The molecule has 0 saturated heterocycles. The molecule has 0 bridgehead atoms. The monoisotopic (exact) mass is 172 g/mol. The minimum atomic E-state index is 0.598. The number of hydrogen-bond donors (Lipinski definition) is 0. The third kappa shape index (κ3) is 1.17. The smallest absolute Gasteiger partial charge is 0.348 e. The predicted octanol–water partition coefficient (Wildman–Crippen LogP) is 3.15. The van der Waals surface area contributed by atoms with E-state index in [1.807, 2.05) is 18.3 Å². The van der Waals surface area contributed by atoms with Gasteiger partial charge in [0.15, 0.2) is 4.98 Å². The van der Waals surface area contributed by atoms with Crippen LogP contribution in [0.4, 0.5) is 5.69 Å². The van der Waals surface area contributed by atoms with E-state index in [9.17, 15) is 0 Å². The normalized spacial score (nSPS) is 10.2. The van der Waals surface area contributed by atoms with Crippen LogP contribution in [0.3, 0.4) is 0 Å². The van der Waals surface area contributed by atoms with Crippen LogP contribution >= 0.6 is 0 Å². The molecule has 0 fully saturated rings. The maximum absolute atomic E-state index is 8.61. The lowest BCUT2D eigenvalue weighted by Gasteiger charge is -1.97. The van der Waals surface area contributed by atoms with Crippen molar-refractivity contribution < 1.29 is 0 Å². The lowest BCUT2D eigenvalue weighted by Crippen LogP contribution is -1.89. The molecule has 13 heavy (non-hydrogen) atoms. The van der Waals surface area contributed by atoms with Crippen LogP contribution < -0.4 is 0 Å². The Bertz CT molecular complexity index is 476. The third-order valence-corrected chi connectivity index (χ3v) is 2.21. The first kappa shape index (κ1) is 7.81. The largest absolute Gasteiger partial charge is 0.387 e. The molecule has 0 unspecified atom stereocenters. The summed E-state index contributed by atoms with van der Waals surface area (Å²) in [6, 6.07) is 7.68. The SMILES string of the molecule is CCn1ccc2ccc([N+]#N)cc21. The van der Waals surface area contributed by atoms with Crippen molar-refractivity contribution in [2.45, 2.75) is 13.5 Å². The van der Waals surface area contributed by atoms with E-state index < -0.39 is 0 Å². The van der Waals surface area contributed by atoms with E-state index in [0.717, 1.165) is 12.1 Å². The van der Waals surface area contributed by atoms with E-state index in [0.29, 0.717) is 5.69 Å². The molecule has 1 aromatic carbocycles. The molecule has 0 spiro atoms. The van der Waals surface area contributed by atoms with E-state index in [2.05, 4.69) is 22.5 Å². The zero-order valence-corrected chi connectivity index (χ0v) is 7.44. The molecule has 3 heteroatoms. The maximum atomic E-state index is 8.61. The van der Waals surface area contributed by atoms with Gasteiger partial charge in [-0.3, -0.25) is 0 Å². The van der Waals surface area contributed by atoms with Crippen molar-refractivity contribution in [3.63, 3.8) is 0 Å². The van der Waals surface area contributed by atoms with Crippen molar-refractivity contribution in [3.8, 4) is 0 Å². The van der Waals surface area contributed by atoms with Gasteiger partial charge in [0.1, 0.15) is 0 Å². The van der Waals surface area contributed by atoms with Crippen LogP contribution in [0.25, 0.3) is 15.9 Å². The quantitative estimate of drug-likeness (QED) is 0.608. The second-order valence-electron chi connectivity index (χ2n) is 2.94. The van der Waals surface area contributed by atoms with E-state index in [1.54, 1.807) is 6.07 Å². The first-order chi connectivity index (χ1) is 6.35. The van der Waals surface area contributed by atoms with Crippen molar-refractivity contribution in [1.29, 1.82) is 5.39 Å². The van der Waals surface area contributed by atoms with Gasteiger partial charge in [-0.15, -0.1) is 0 Å². The minimum Gasteiger partial charge on any atom is -0.348 e. The zero-order chi connectivity index (χ0) is 9.26. The Morgan fingerprint density at radius 2 is 2.23 bits per heavy atom. The fourth-order valence-electron chi connectivity index (χ4n) is 1.51. The Kier molecular flexibility index (Phi) is 1.75. The van der Waals surface area contributed by atoms with E-state index >= 15 is 0 Å². The Morgan fingerprint density at radius 1 is 1.38 bits per heavy atom. The van der Waals surface area contributed by atoms with Crippen LogP contribution in [0.5, 0.6) is 0 Å². The Labute approximate surface area is 76.2 Å². The first-order valence-corrected chi connectivity index (χ1v) is 4.29. The summed E-state index contributed by atoms with van der Waals surface area (Å²) >= 11 is 0. The van der Waals surface area contributed by atoms with Crippen molar-refractivity contribution >= 4 is 16.6 Å². The average Bonchev–Trinajstić information content (AvgIpc) is 2.59.